The number of rotatable bonds is 3. The normalized spacial score (nSPS) is 10.1. The van der Waals surface area contributed by atoms with Gasteiger partial charge in [0.2, 0.25) is 0 Å². The Morgan fingerprint density at radius 1 is 1.04 bits per heavy atom. The molecule has 0 aromatic heterocycles. The molecule has 2 aromatic rings. The third kappa shape index (κ3) is 4.36. The highest BCUT2D eigenvalue weighted by atomic mass is 32.1. The first-order valence-electron chi connectivity index (χ1n) is 7.22. The lowest BCUT2D eigenvalue weighted by atomic mass is 10.1. The van der Waals surface area contributed by atoms with Crippen LogP contribution in [0.1, 0.15) is 27.0 Å². The number of nitrogens with zero attached hydrogens (tertiary/aromatic N) is 1. The van der Waals surface area contributed by atoms with Crippen molar-refractivity contribution in [2.75, 3.05) is 5.32 Å². The van der Waals surface area contributed by atoms with Crippen LogP contribution in [0.15, 0.2) is 36.4 Å². The molecule has 2 rings (SSSR count). The molecule has 0 aliphatic rings. The standard InChI is InChI=1S/C17H17N3O3S/c1-10-4-5-14(15(9-10)20(22)23)18-17(24)19-16(21)13-7-11(2)6-12(3)8-13/h4-9H,1-3H3,(H2,18,19,21,24). The average molecular weight is 343 g/mol. The van der Waals surface area contributed by atoms with Crippen molar-refractivity contribution in [1.29, 1.82) is 0 Å². The van der Waals surface area contributed by atoms with Crippen molar-refractivity contribution in [2.24, 2.45) is 0 Å². The first kappa shape index (κ1) is 17.6. The van der Waals surface area contributed by atoms with Crippen LogP contribution in [0.3, 0.4) is 0 Å². The smallest absolute Gasteiger partial charge is 0.292 e. The highest BCUT2D eigenvalue weighted by Crippen LogP contribution is 2.25. The summed E-state index contributed by atoms with van der Waals surface area (Å²) in [7, 11) is 0. The SMILES string of the molecule is Cc1cc(C)cc(C(=O)NC(=S)Nc2ccc(C)cc2[N+](=O)[O-])c1. The van der Waals surface area contributed by atoms with Gasteiger partial charge in [-0.2, -0.15) is 0 Å². The monoisotopic (exact) mass is 343 g/mol. The van der Waals surface area contributed by atoms with Crippen molar-refractivity contribution in [2.45, 2.75) is 20.8 Å². The Morgan fingerprint density at radius 2 is 1.67 bits per heavy atom. The van der Waals surface area contributed by atoms with Crippen molar-refractivity contribution < 1.29 is 9.72 Å². The molecule has 2 N–H and O–H groups in total. The summed E-state index contributed by atoms with van der Waals surface area (Å²) in [5.41, 5.74) is 3.31. The van der Waals surface area contributed by atoms with E-state index < -0.39 is 4.92 Å². The summed E-state index contributed by atoms with van der Waals surface area (Å²) in [5.74, 6) is -0.367. The fraction of sp³-hybridized carbons (Fsp3) is 0.176. The molecule has 0 aliphatic heterocycles. The number of carbonyl (C=O) groups excluding carboxylic acids is 1. The second-order valence-corrected chi connectivity index (χ2v) is 5.97. The Balaban J connectivity index is 2.14. The van der Waals surface area contributed by atoms with E-state index >= 15 is 0 Å². The predicted octanol–water partition coefficient (Wildman–Crippen LogP) is 3.65. The molecule has 0 heterocycles. The van der Waals surface area contributed by atoms with Crippen molar-refractivity contribution in [3.8, 4) is 0 Å². The minimum atomic E-state index is -0.496. The van der Waals surface area contributed by atoms with Crippen molar-refractivity contribution >= 4 is 34.6 Å². The zero-order valence-corrected chi connectivity index (χ0v) is 14.4. The zero-order chi connectivity index (χ0) is 17.9. The van der Waals surface area contributed by atoms with Gasteiger partial charge in [0.1, 0.15) is 5.69 Å². The Morgan fingerprint density at radius 3 is 2.25 bits per heavy atom. The highest BCUT2D eigenvalue weighted by molar-refractivity contribution is 7.80. The lowest BCUT2D eigenvalue weighted by Crippen LogP contribution is -2.34. The molecule has 24 heavy (non-hydrogen) atoms. The molecule has 7 heteroatoms. The van der Waals surface area contributed by atoms with Gasteiger partial charge >= 0.3 is 0 Å². The van der Waals surface area contributed by atoms with Crippen LogP contribution in [0.2, 0.25) is 0 Å². The number of thiocarbonyl (C=S) groups is 1. The summed E-state index contributed by atoms with van der Waals surface area (Å²) in [6, 6.07) is 10.2. The van der Waals surface area contributed by atoms with Crippen LogP contribution >= 0.6 is 12.2 Å². The van der Waals surface area contributed by atoms with Gasteiger partial charge in [-0.15, -0.1) is 0 Å². The fourth-order valence-electron chi connectivity index (χ4n) is 2.33. The highest BCUT2D eigenvalue weighted by Gasteiger charge is 2.16. The zero-order valence-electron chi connectivity index (χ0n) is 13.5. The van der Waals surface area contributed by atoms with E-state index in [4.69, 9.17) is 12.2 Å². The van der Waals surface area contributed by atoms with Gasteiger partial charge < -0.3 is 5.32 Å². The summed E-state index contributed by atoms with van der Waals surface area (Å²) >= 11 is 5.09. The van der Waals surface area contributed by atoms with Crippen LogP contribution in [0.4, 0.5) is 11.4 Å². The van der Waals surface area contributed by atoms with Gasteiger partial charge in [0.25, 0.3) is 11.6 Å². The molecule has 0 saturated heterocycles. The van der Waals surface area contributed by atoms with E-state index in [2.05, 4.69) is 10.6 Å². The summed E-state index contributed by atoms with van der Waals surface area (Å²) in [4.78, 5) is 22.9. The van der Waals surface area contributed by atoms with Gasteiger partial charge in [-0.1, -0.05) is 23.3 Å². The summed E-state index contributed by atoms with van der Waals surface area (Å²) in [6.07, 6.45) is 0. The van der Waals surface area contributed by atoms with Crippen LogP contribution in [0, 0.1) is 30.9 Å². The van der Waals surface area contributed by atoms with E-state index in [1.165, 1.54) is 6.07 Å². The Hall–Kier alpha value is -2.80. The topological polar surface area (TPSA) is 84.3 Å². The third-order valence-electron chi connectivity index (χ3n) is 3.31. The molecule has 0 spiro atoms. The van der Waals surface area contributed by atoms with Gasteiger partial charge in [-0.25, -0.2) is 0 Å². The molecule has 0 bridgehead atoms. The average Bonchev–Trinajstić information content (AvgIpc) is 2.47. The lowest BCUT2D eigenvalue weighted by Gasteiger charge is -2.11. The van der Waals surface area contributed by atoms with E-state index in [1.807, 2.05) is 19.9 Å². The molecule has 0 radical (unpaired) electrons. The number of benzene rings is 2. The van der Waals surface area contributed by atoms with E-state index in [0.717, 1.165) is 16.7 Å². The molecule has 124 valence electrons. The Kier molecular flexibility index (Phi) is 5.25. The van der Waals surface area contributed by atoms with Crippen LogP contribution < -0.4 is 10.6 Å². The van der Waals surface area contributed by atoms with Crippen molar-refractivity contribution in [3.63, 3.8) is 0 Å². The first-order chi connectivity index (χ1) is 11.3. The summed E-state index contributed by atoms with van der Waals surface area (Å²) in [5, 5.41) is 16.4. The van der Waals surface area contributed by atoms with Gasteiger partial charge in [0.05, 0.1) is 4.92 Å². The van der Waals surface area contributed by atoms with E-state index in [0.29, 0.717) is 5.56 Å². The summed E-state index contributed by atoms with van der Waals surface area (Å²) in [6.45, 7) is 5.56. The summed E-state index contributed by atoms with van der Waals surface area (Å²) < 4.78 is 0. The van der Waals surface area contributed by atoms with Gasteiger partial charge in [0.15, 0.2) is 5.11 Å². The maximum atomic E-state index is 12.3. The molecule has 0 saturated carbocycles. The minimum absolute atomic E-state index is 0.00566. The second kappa shape index (κ2) is 7.18. The Labute approximate surface area is 145 Å². The second-order valence-electron chi connectivity index (χ2n) is 5.56. The number of hydrogen-bond donors (Lipinski definition) is 2. The minimum Gasteiger partial charge on any atom is -0.327 e. The van der Waals surface area contributed by atoms with E-state index in [9.17, 15) is 14.9 Å². The maximum Gasteiger partial charge on any atom is 0.292 e. The molecule has 0 unspecified atom stereocenters. The predicted molar refractivity (Wildman–Crippen MR) is 97.4 cm³/mol. The maximum absolute atomic E-state index is 12.3. The number of aryl methyl sites for hydroxylation is 3. The fourth-order valence-corrected chi connectivity index (χ4v) is 2.54. The van der Waals surface area contributed by atoms with E-state index in [1.54, 1.807) is 31.2 Å². The first-order valence-corrected chi connectivity index (χ1v) is 7.63. The molecule has 6 nitrogen and oxygen atoms in total. The van der Waals surface area contributed by atoms with Crippen molar-refractivity contribution in [1.82, 2.24) is 5.32 Å². The number of nitro groups is 1. The quantitative estimate of drug-likeness (QED) is 0.505. The number of anilines is 1. The van der Waals surface area contributed by atoms with Gasteiger partial charge in [0, 0.05) is 11.6 Å². The molecular weight excluding hydrogens is 326 g/mol. The molecule has 0 fully saturated rings. The Bertz CT molecular complexity index is 814. The van der Waals surface area contributed by atoms with Crippen LogP contribution in [0.5, 0.6) is 0 Å². The van der Waals surface area contributed by atoms with Crippen LogP contribution in [-0.4, -0.2) is 15.9 Å². The molecule has 0 aliphatic carbocycles. The molecule has 0 atom stereocenters. The molecule has 2 aromatic carbocycles. The molecule has 1 amide bonds. The lowest BCUT2D eigenvalue weighted by molar-refractivity contribution is -0.383. The van der Waals surface area contributed by atoms with Gasteiger partial charge in [-0.05, 0) is 56.8 Å². The third-order valence-corrected chi connectivity index (χ3v) is 3.51. The van der Waals surface area contributed by atoms with Gasteiger partial charge in [-0.3, -0.25) is 20.2 Å². The number of nitro benzene ring substituents is 1. The van der Waals surface area contributed by atoms with Crippen LogP contribution in [-0.2, 0) is 0 Å². The van der Waals surface area contributed by atoms with Crippen molar-refractivity contribution in [3.05, 3.63) is 68.8 Å². The number of nitrogens with one attached hydrogen (secondary N) is 2. The van der Waals surface area contributed by atoms with Crippen LogP contribution in [0.25, 0.3) is 0 Å². The molecular formula is C17H17N3O3S. The number of amides is 1. The largest absolute Gasteiger partial charge is 0.327 e. The van der Waals surface area contributed by atoms with E-state index in [-0.39, 0.29) is 22.4 Å². The number of hydrogen-bond acceptors (Lipinski definition) is 4. The number of carbonyl (C=O) groups is 1.